The zero-order valence-electron chi connectivity index (χ0n) is 14.0. The summed E-state index contributed by atoms with van der Waals surface area (Å²) in [7, 11) is 0. The molecule has 0 bridgehead atoms. The molecule has 5 nitrogen and oxygen atoms in total. The van der Waals surface area contributed by atoms with Gasteiger partial charge in [-0.2, -0.15) is 0 Å². The largest absolute Gasteiger partial charge is 0.353 e. The summed E-state index contributed by atoms with van der Waals surface area (Å²) in [5, 5.41) is 6.06. The van der Waals surface area contributed by atoms with Gasteiger partial charge in [-0.05, 0) is 48.8 Å². The van der Waals surface area contributed by atoms with Gasteiger partial charge in [0.15, 0.2) is 0 Å². The van der Waals surface area contributed by atoms with E-state index in [2.05, 4.69) is 10.6 Å². The predicted octanol–water partition coefficient (Wildman–Crippen LogP) is 2.45. The van der Waals surface area contributed by atoms with E-state index >= 15 is 0 Å². The minimum absolute atomic E-state index is 0.0483. The number of nitrogens with zero attached hydrogens (tertiary/aromatic N) is 1. The van der Waals surface area contributed by atoms with Crippen LogP contribution in [-0.2, 0) is 11.2 Å². The topological polar surface area (TPSA) is 61.4 Å². The van der Waals surface area contributed by atoms with Crippen molar-refractivity contribution < 1.29 is 9.59 Å². The van der Waals surface area contributed by atoms with Gasteiger partial charge in [-0.25, -0.2) is 4.79 Å². The number of carbonyl (C=O) groups excluding carboxylic acids is 2. The Morgan fingerprint density at radius 2 is 2.00 bits per heavy atom. The number of anilines is 1. The summed E-state index contributed by atoms with van der Waals surface area (Å²) in [5.41, 5.74) is 1.88. The van der Waals surface area contributed by atoms with Gasteiger partial charge in [0, 0.05) is 24.8 Å². The Morgan fingerprint density at radius 3 is 2.75 bits per heavy atom. The Bertz CT molecular complexity index is 628. The molecule has 1 saturated heterocycles. The fourth-order valence-electron chi connectivity index (χ4n) is 4.70. The fraction of sp³-hybridized carbons (Fsp3) is 0.579. The van der Waals surface area contributed by atoms with Crippen LogP contribution < -0.4 is 15.5 Å². The van der Waals surface area contributed by atoms with E-state index in [-0.39, 0.29) is 11.9 Å². The molecule has 1 aliphatic heterocycles. The first-order chi connectivity index (χ1) is 11.7. The highest BCUT2D eigenvalue weighted by Gasteiger charge is 2.39. The van der Waals surface area contributed by atoms with E-state index in [0.717, 1.165) is 23.6 Å². The minimum atomic E-state index is -0.0483. The van der Waals surface area contributed by atoms with Crippen LogP contribution in [0.15, 0.2) is 24.3 Å². The highest BCUT2D eigenvalue weighted by Crippen LogP contribution is 2.43. The molecule has 5 heteroatoms. The Morgan fingerprint density at radius 1 is 1.17 bits per heavy atom. The number of nitrogens with one attached hydrogen (secondary N) is 2. The average molecular weight is 327 g/mol. The molecule has 3 amide bonds. The third kappa shape index (κ3) is 2.99. The molecular weight excluding hydrogens is 302 g/mol. The SMILES string of the molecule is O=C(Cc1ccc(N2CCNC2=O)cc1)N[C@H]1CC[C@@H]2CCC[C@@H]21. The maximum Gasteiger partial charge on any atom is 0.321 e. The van der Waals surface area contributed by atoms with Crippen molar-refractivity contribution in [1.82, 2.24) is 10.6 Å². The molecule has 0 aromatic heterocycles. The van der Waals surface area contributed by atoms with Crippen LogP contribution in [-0.4, -0.2) is 31.1 Å². The highest BCUT2D eigenvalue weighted by molar-refractivity contribution is 5.94. The van der Waals surface area contributed by atoms with Gasteiger partial charge < -0.3 is 10.6 Å². The number of carbonyl (C=O) groups is 2. The van der Waals surface area contributed by atoms with Crippen LogP contribution in [0, 0.1) is 11.8 Å². The number of rotatable bonds is 4. The van der Waals surface area contributed by atoms with E-state index in [0.29, 0.717) is 31.5 Å². The van der Waals surface area contributed by atoms with Crippen molar-refractivity contribution in [3.8, 4) is 0 Å². The summed E-state index contributed by atoms with van der Waals surface area (Å²) >= 11 is 0. The Labute approximate surface area is 142 Å². The van der Waals surface area contributed by atoms with Gasteiger partial charge in [0.2, 0.25) is 5.91 Å². The quantitative estimate of drug-likeness (QED) is 0.892. The Kier molecular flexibility index (Phi) is 4.17. The molecule has 3 atom stereocenters. The number of fused-ring (bicyclic) bond motifs is 1. The molecule has 3 aliphatic rings. The lowest BCUT2D eigenvalue weighted by atomic mass is 9.97. The predicted molar refractivity (Wildman–Crippen MR) is 92.9 cm³/mol. The molecule has 1 aromatic rings. The second-order valence-corrected chi connectivity index (χ2v) is 7.33. The molecular formula is C19H25N3O2. The van der Waals surface area contributed by atoms with Crippen LogP contribution in [0.1, 0.15) is 37.7 Å². The monoisotopic (exact) mass is 327 g/mol. The standard InChI is InChI=1S/C19H25N3O2/c23-18(21-17-9-6-14-2-1-3-16(14)17)12-13-4-7-15(8-5-13)22-11-10-20-19(22)24/h4-5,7-8,14,16-17H,1-3,6,9-12H2,(H,20,24)(H,21,23)/t14-,16-,17-/m0/s1. The number of hydrogen-bond acceptors (Lipinski definition) is 2. The van der Waals surface area contributed by atoms with Crippen molar-refractivity contribution in [2.45, 2.75) is 44.6 Å². The van der Waals surface area contributed by atoms with Crippen LogP contribution in [0.4, 0.5) is 10.5 Å². The third-order valence-electron chi connectivity index (χ3n) is 5.90. The first-order valence-electron chi connectivity index (χ1n) is 9.14. The summed E-state index contributed by atoms with van der Waals surface area (Å²) in [6, 6.07) is 8.10. The average Bonchev–Trinajstić information content (AvgIpc) is 3.27. The molecule has 1 heterocycles. The second-order valence-electron chi connectivity index (χ2n) is 7.33. The molecule has 0 unspecified atom stereocenters. The molecule has 1 aromatic carbocycles. The van der Waals surface area contributed by atoms with Gasteiger partial charge in [0.1, 0.15) is 0 Å². The third-order valence-corrected chi connectivity index (χ3v) is 5.90. The van der Waals surface area contributed by atoms with Gasteiger partial charge in [-0.15, -0.1) is 0 Å². The molecule has 24 heavy (non-hydrogen) atoms. The lowest BCUT2D eigenvalue weighted by Crippen LogP contribution is -2.38. The van der Waals surface area contributed by atoms with E-state index in [9.17, 15) is 9.59 Å². The molecule has 0 radical (unpaired) electrons. The van der Waals surface area contributed by atoms with Gasteiger partial charge in [-0.3, -0.25) is 9.69 Å². The van der Waals surface area contributed by atoms with Crippen LogP contribution in [0.5, 0.6) is 0 Å². The van der Waals surface area contributed by atoms with Gasteiger partial charge in [0.25, 0.3) is 0 Å². The Hall–Kier alpha value is -2.04. The summed E-state index contributed by atoms with van der Waals surface area (Å²) < 4.78 is 0. The normalized spacial score (nSPS) is 28.8. The number of hydrogen-bond donors (Lipinski definition) is 2. The van der Waals surface area contributed by atoms with E-state index in [1.807, 2.05) is 24.3 Å². The lowest BCUT2D eigenvalue weighted by molar-refractivity contribution is -0.121. The summed E-state index contributed by atoms with van der Waals surface area (Å²) in [4.78, 5) is 25.8. The molecule has 0 spiro atoms. The maximum absolute atomic E-state index is 12.4. The highest BCUT2D eigenvalue weighted by atomic mass is 16.2. The summed E-state index contributed by atoms with van der Waals surface area (Å²) in [6.45, 7) is 1.38. The number of benzene rings is 1. The molecule has 2 N–H and O–H groups in total. The van der Waals surface area contributed by atoms with Crippen molar-refractivity contribution in [2.75, 3.05) is 18.0 Å². The van der Waals surface area contributed by atoms with Gasteiger partial charge >= 0.3 is 6.03 Å². The van der Waals surface area contributed by atoms with Crippen LogP contribution in [0.25, 0.3) is 0 Å². The molecule has 2 aliphatic carbocycles. The first kappa shape index (κ1) is 15.5. The number of amides is 3. The Balaban J connectivity index is 1.33. The van der Waals surface area contributed by atoms with Crippen molar-refractivity contribution in [2.24, 2.45) is 11.8 Å². The van der Waals surface area contributed by atoms with E-state index in [4.69, 9.17) is 0 Å². The second kappa shape index (κ2) is 6.46. The zero-order valence-corrected chi connectivity index (χ0v) is 14.0. The van der Waals surface area contributed by atoms with E-state index < -0.39 is 0 Å². The van der Waals surface area contributed by atoms with E-state index in [1.165, 1.54) is 25.7 Å². The number of urea groups is 1. The van der Waals surface area contributed by atoms with Crippen molar-refractivity contribution in [1.29, 1.82) is 0 Å². The first-order valence-corrected chi connectivity index (χ1v) is 9.14. The van der Waals surface area contributed by atoms with Crippen molar-refractivity contribution in [3.63, 3.8) is 0 Å². The van der Waals surface area contributed by atoms with Crippen LogP contribution in [0.3, 0.4) is 0 Å². The van der Waals surface area contributed by atoms with Crippen LogP contribution in [0.2, 0.25) is 0 Å². The summed E-state index contributed by atoms with van der Waals surface area (Å²) in [6.07, 6.45) is 6.80. The van der Waals surface area contributed by atoms with Crippen molar-refractivity contribution >= 4 is 17.6 Å². The molecule has 3 fully saturated rings. The van der Waals surface area contributed by atoms with Gasteiger partial charge in [-0.1, -0.05) is 25.0 Å². The minimum Gasteiger partial charge on any atom is -0.353 e. The van der Waals surface area contributed by atoms with Crippen molar-refractivity contribution in [3.05, 3.63) is 29.8 Å². The van der Waals surface area contributed by atoms with Gasteiger partial charge in [0.05, 0.1) is 6.42 Å². The summed E-state index contributed by atoms with van der Waals surface area (Å²) in [5.74, 6) is 1.69. The molecule has 2 saturated carbocycles. The maximum atomic E-state index is 12.4. The smallest absolute Gasteiger partial charge is 0.321 e. The fourth-order valence-corrected chi connectivity index (χ4v) is 4.70. The molecule has 4 rings (SSSR count). The zero-order chi connectivity index (χ0) is 16.5. The van der Waals surface area contributed by atoms with Crippen LogP contribution >= 0.6 is 0 Å². The molecule has 128 valence electrons. The van der Waals surface area contributed by atoms with E-state index in [1.54, 1.807) is 4.90 Å². The lowest BCUT2D eigenvalue weighted by Gasteiger charge is -2.20.